The number of benzene rings is 1. The van der Waals surface area contributed by atoms with Crippen molar-refractivity contribution in [2.45, 2.75) is 13.5 Å². The third-order valence-electron chi connectivity index (χ3n) is 2.45. The number of anilines is 1. The molecule has 94 valence electrons. The molecule has 1 aromatic heterocycles. The van der Waals surface area contributed by atoms with Crippen LogP contribution in [0.15, 0.2) is 34.1 Å². The maximum atomic E-state index is 11.9. The summed E-state index contributed by atoms with van der Waals surface area (Å²) in [7, 11) is 0. The molecule has 2 rings (SSSR count). The molecule has 2 N–H and O–H groups in total. The molecule has 0 aliphatic rings. The SMILES string of the molecule is Cc1ccc(N)c(C(=O)OCc2sccc2Br)c1. The summed E-state index contributed by atoms with van der Waals surface area (Å²) in [5, 5.41) is 1.94. The van der Waals surface area contributed by atoms with Gasteiger partial charge in [0.15, 0.2) is 0 Å². The highest BCUT2D eigenvalue weighted by atomic mass is 79.9. The van der Waals surface area contributed by atoms with Gasteiger partial charge in [0.1, 0.15) is 6.61 Å². The molecule has 0 unspecified atom stereocenters. The first-order valence-corrected chi connectivity index (χ1v) is 7.00. The van der Waals surface area contributed by atoms with Gasteiger partial charge in [-0.3, -0.25) is 0 Å². The quantitative estimate of drug-likeness (QED) is 0.690. The van der Waals surface area contributed by atoms with Crippen molar-refractivity contribution in [1.29, 1.82) is 0 Å². The highest BCUT2D eigenvalue weighted by molar-refractivity contribution is 9.10. The van der Waals surface area contributed by atoms with E-state index >= 15 is 0 Å². The summed E-state index contributed by atoms with van der Waals surface area (Å²) in [5.41, 5.74) is 7.60. The minimum absolute atomic E-state index is 0.254. The molecule has 0 aliphatic heterocycles. The molecule has 0 aliphatic carbocycles. The van der Waals surface area contributed by atoms with E-state index in [9.17, 15) is 4.79 Å². The van der Waals surface area contributed by atoms with Crippen molar-refractivity contribution in [3.05, 3.63) is 50.1 Å². The Labute approximate surface area is 118 Å². The molecule has 2 aromatic rings. The van der Waals surface area contributed by atoms with Gasteiger partial charge in [-0.1, -0.05) is 11.6 Å². The van der Waals surface area contributed by atoms with Gasteiger partial charge in [-0.2, -0.15) is 0 Å². The number of thiophene rings is 1. The number of carbonyl (C=O) groups excluding carboxylic acids is 1. The van der Waals surface area contributed by atoms with Gasteiger partial charge in [-0.15, -0.1) is 11.3 Å². The lowest BCUT2D eigenvalue weighted by Crippen LogP contribution is -2.08. The molecule has 0 amide bonds. The lowest BCUT2D eigenvalue weighted by molar-refractivity contribution is 0.0477. The van der Waals surface area contributed by atoms with E-state index < -0.39 is 5.97 Å². The second kappa shape index (κ2) is 5.54. The number of esters is 1. The minimum Gasteiger partial charge on any atom is -0.456 e. The average Bonchev–Trinajstić information content (AvgIpc) is 2.75. The van der Waals surface area contributed by atoms with E-state index in [4.69, 9.17) is 10.5 Å². The fraction of sp³-hybridized carbons (Fsp3) is 0.154. The largest absolute Gasteiger partial charge is 0.456 e. The zero-order valence-electron chi connectivity index (χ0n) is 9.77. The number of carbonyl (C=O) groups is 1. The van der Waals surface area contributed by atoms with Crippen molar-refractivity contribution in [3.8, 4) is 0 Å². The van der Waals surface area contributed by atoms with Crippen LogP contribution in [0.2, 0.25) is 0 Å². The van der Waals surface area contributed by atoms with E-state index in [1.54, 1.807) is 12.1 Å². The van der Waals surface area contributed by atoms with E-state index in [1.807, 2.05) is 24.4 Å². The van der Waals surface area contributed by atoms with Crippen LogP contribution in [0.1, 0.15) is 20.8 Å². The van der Waals surface area contributed by atoms with Gasteiger partial charge in [-0.05, 0) is 46.4 Å². The zero-order chi connectivity index (χ0) is 13.1. The summed E-state index contributed by atoms with van der Waals surface area (Å²) < 4.78 is 6.21. The Morgan fingerprint density at radius 3 is 2.89 bits per heavy atom. The number of rotatable bonds is 3. The standard InChI is InChI=1S/C13H12BrNO2S/c1-8-2-3-11(15)9(6-8)13(16)17-7-12-10(14)4-5-18-12/h2-6H,7,15H2,1H3. The number of ether oxygens (including phenoxy) is 1. The second-order valence-electron chi connectivity index (χ2n) is 3.86. The maximum absolute atomic E-state index is 11.9. The van der Waals surface area contributed by atoms with E-state index in [1.165, 1.54) is 11.3 Å². The molecule has 0 saturated heterocycles. The van der Waals surface area contributed by atoms with Crippen LogP contribution >= 0.6 is 27.3 Å². The van der Waals surface area contributed by atoms with Crippen molar-refractivity contribution < 1.29 is 9.53 Å². The van der Waals surface area contributed by atoms with E-state index in [2.05, 4.69) is 15.9 Å². The van der Waals surface area contributed by atoms with Crippen molar-refractivity contribution in [3.63, 3.8) is 0 Å². The first-order chi connectivity index (χ1) is 8.58. The second-order valence-corrected chi connectivity index (χ2v) is 5.71. The summed E-state index contributed by atoms with van der Waals surface area (Å²) in [4.78, 5) is 12.9. The van der Waals surface area contributed by atoms with Crippen LogP contribution in [0.5, 0.6) is 0 Å². The monoisotopic (exact) mass is 325 g/mol. The Morgan fingerprint density at radius 2 is 2.22 bits per heavy atom. The molecule has 0 atom stereocenters. The molecule has 0 saturated carbocycles. The van der Waals surface area contributed by atoms with Gasteiger partial charge in [0.2, 0.25) is 0 Å². The minimum atomic E-state index is -0.392. The molecule has 0 radical (unpaired) electrons. The Balaban J connectivity index is 2.08. The molecule has 18 heavy (non-hydrogen) atoms. The Bertz CT molecular complexity index is 580. The molecule has 3 nitrogen and oxygen atoms in total. The van der Waals surface area contributed by atoms with Crippen LogP contribution in [0.3, 0.4) is 0 Å². The fourth-order valence-electron chi connectivity index (χ4n) is 1.48. The van der Waals surface area contributed by atoms with Gasteiger partial charge in [-0.25, -0.2) is 4.79 Å². The molecular weight excluding hydrogens is 314 g/mol. The highest BCUT2D eigenvalue weighted by Gasteiger charge is 2.12. The van der Waals surface area contributed by atoms with Crippen LogP contribution in [0.4, 0.5) is 5.69 Å². The summed E-state index contributed by atoms with van der Waals surface area (Å²) >= 11 is 4.93. The maximum Gasteiger partial charge on any atom is 0.340 e. The molecule has 0 fully saturated rings. The molecule has 0 bridgehead atoms. The van der Waals surface area contributed by atoms with Gasteiger partial charge in [0, 0.05) is 10.2 Å². The van der Waals surface area contributed by atoms with Crippen LogP contribution < -0.4 is 5.73 Å². The number of hydrogen-bond donors (Lipinski definition) is 1. The van der Waals surface area contributed by atoms with Crippen LogP contribution in [0, 0.1) is 6.92 Å². The highest BCUT2D eigenvalue weighted by Crippen LogP contribution is 2.24. The fourth-order valence-corrected chi connectivity index (χ4v) is 2.86. The van der Waals surface area contributed by atoms with Crippen molar-refractivity contribution in [2.75, 3.05) is 5.73 Å². The Hall–Kier alpha value is -1.33. The van der Waals surface area contributed by atoms with Gasteiger partial charge < -0.3 is 10.5 Å². The molecule has 1 aromatic carbocycles. The third-order valence-corrected chi connectivity index (χ3v) is 4.35. The smallest absolute Gasteiger partial charge is 0.340 e. The van der Waals surface area contributed by atoms with Crippen LogP contribution in [-0.2, 0) is 11.3 Å². The van der Waals surface area contributed by atoms with E-state index in [0.717, 1.165) is 14.9 Å². The van der Waals surface area contributed by atoms with Crippen LogP contribution in [-0.4, -0.2) is 5.97 Å². The van der Waals surface area contributed by atoms with Gasteiger partial charge >= 0.3 is 5.97 Å². The lowest BCUT2D eigenvalue weighted by Gasteiger charge is -2.07. The van der Waals surface area contributed by atoms with Crippen molar-refractivity contribution in [2.24, 2.45) is 0 Å². The summed E-state index contributed by atoms with van der Waals surface area (Å²) in [6, 6.07) is 7.24. The van der Waals surface area contributed by atoms with E-state index in [-0.39, 0.29) is 6.61 Å². The number of nitrogen functional groups attached to an aromatic ring is 1. The Kier molecular flexibility index (Phi) is 4.04. The van der Waals surface area contributed by atoms with Crippen molar-refractivity contribution in [1.82, 2.24) is 0 Å². The number of halogens is 1. The topological polar surface area (TPSA) is 52.3 Å². The third kappa shape index (κ3) is 2.91. The summed E-state index contributed by atoms with van der Waals surface area (Å²) in [5.74, 6) is -0.392. The summed E-state index contributed by atoms with van der Waals surface area (Å²) in [6.07, 6.45) is 0. The predicted molar refractivity (Wildman–Crippen MR) is 76.7 cm³/mol. The van der Waals surface area contributed by atoms with E-state index in [0.29, 0.717) is 11.3 Å². The zero-order valence-corrected chi connectivity index (χ0v) is 12.2. The normalized spacial score (nSPS) is 10.3. The van der Waals surface area contributed by atoms with Crippen LogP contribution in [0.25, 0.3) is 0 Å². The molecule has 5 heteroatoms. The molecule has 0 spiro atoms. The number of aryl methyl sites for hydroxylation is 1. The Morgan fingerprint density at radius 1 is 1.44 bits per heavy atom. The average molecular weight is 326 g/mol. The number of nitrogens with two attached hydrogens (primary N) is 1. The first-order valence-electron chi connectivity index (χ1n) is 5.33. The summed E-state index contributed by atoms with van der Waals surface area (Å²) in [6.45, 7) is 2.16. The predicted octanol–water partition coefficient (Wildman–Crippen LogP) is 3.76. The van der Waals surface area contributed by atoms with Gasteiger partial charge in [0.05, 0.1) is 10.4 Å². The van der Waals surface area contributed by atoms with Gasteiger partial charge in [0.25, 0.3) is 0 Å². The number of hydrogen-bond acceptors (Lipinski definition) is 4. The first kappa shape index (κ1) is 13.1. The molecular formula is C13H12BrNO2S. The van der Waals surface area contributed by atoms with Crippen molar-refractivity contribution >= 4 is 38.9 Å². The molecule has 1 heterocycles. The lowest BCUT2D eigenvalue weighted by atomic mass is 10.1.